The molecule has 0 amide bonds. The summed E-state index contributed by atoms with van der Waals surface area (Å²) in [6.07, 6.45) is -2.63. The van der Waals surface area contributed by atoms with E-state index in [0.717, 1.165) is 0 Å². The van der Waals surface area contributed by atoms with Crippen molar-refractivity contribution in [3.8, 4) is 0 Å². The van der Waals surface area contributed by atoms with E-state index in [1.165, 1.54) is 0 Å². The van der Waals surface area contributed by atoms with Crippen LogP contribution in [0.3, 0.4) is 0 Å². The number of hydrogen-bond acceptors (Lipinski definition) is 6. The summed E-state index contributed by atoms with van der Waals surface area (Å²) in [4.78, 5) is 11.0. The molecule has 0 saturated carbocycles. The summed E-state index contributed by atoms with van der Waals surface area (Å²) < 4.78 is 15.2. The van der Waals surface area contributed by atoms with Crippen LogP contribution in [0.4, 0.5) is 0 Å². The SMILES string of the molecule is C=CCCO[C@@H]1O[C@H]2[C@H](OC(=O)[C@@H]2O)[C@H]1O. The Bertz CT molecular complexity index is 291. The fourth-order valence-electron chi connectivity index (χ4n) is 1.80. The number of fused-ring (bicyclic) bond motifs is 1. The number of ether oxygens (including phenoxy) is 3. The third-order valence-corrected chi connectivity index (χ3v) is 2.64. The van der Waals surface area contributed by atoms with Crippen LogP contribution >= 0.6 is 0 Å². The second-order valence-corrected chi connectivity index (χ2v) is 3.75. The standard InChI is InChI=1S/C10H14O6/c1-2-3-4-14-10-6(12)8-7(16-10)5(11)9(13)15-8/h2,5-8,10-12H,1,3-4H2/t5-,6-,7-,8-,10-/m1/s1. The van der Waals surface area contributed by atoms with Crippen LogP contribution < -0.4 is 0 Å². The summed E-state index contributed by atoms with van der Waals surface area (Å²) in [7, 11) is 0. The van der Waals surface area contributed by atoms with E-state index in [-0.39, 0.29) is 0 Å². The van der Waals surface area contributed by atoms with Crippen molar-refractivity contribution in [2.24, 2.45) is 0 Å². The van der Waals surface area contributed by atoms with Crippen molar-refractivity contribution in [1.29, 1.82) is 0 Å². The average Bonchev–Trinajstić information content (AvgIpc) is 2.70. The zero-order valence-corrected chi connectivity index (χ0v) is 8.61. The smallest absolute Gasteiger partial charge is 0.338 e. The summed E-state index contributed by atoms with van der Waals surface area (Å²) in [5, 5.41) is 19.1. The van der Waals surface area contributed by atoms with Gasteiger partial charge < -0.3 is 24.4 Å². The molecule has 0 bridgehead atoms. The van der Waals surface area contributed by atoms with E-state index in [0.29, 0.717) is 13.0 Å². The molecule has 16 heavy (non-hydrogen) atoms. The Balaban J connectivity index is 1.92. The number of esters is 1. The van der Waals surface area contributed by atoms with Gasteiger partial charge in [0.2, 0.25) is 0 Å². The van der Waals surface area contributed by atoms with Gasteiger partial charge in [0.15, 0.2) is 18.5 Å². The molecule has 2 heterocycles. The first-order valence-corrected chi connectivity index (χ1v) is 5.09. The van der Waals surface area contributed by atoms with Gasteiger partial charge in [-0.15, -0.1) is 6.58 Å². The maximum Gasteiger partial charge on any atom is 0.338 e. The predicted molar refractivity (Wildman–Crippen MR) is 51.3 cm³/mol. The van der Waals surface area contributed by atoms with Gasteiger partial charge in [0.25, 0.3) is 0 Å². The van der Waals surface area contributed by atoms with Crippen molar-refractivity contribution in [3.05, 3.63) is 12.7 Å². The molecule has 0 aromatic carbocycles. The number of carbonyl (C=O) groups is 1. The average molecular weight is 230 g/mol. The molecule has 0 unspecified atom stereocenters. The van der Waals surface area contributed by atoms with Crippen LogP contribution in [0.1, 0.15) is 6.42 Å². The van der Waals surface area contributed by atoms with Crippen LogP contribution in [-0.4, -0.2) is 53.5 Å². The molecule has 6 heteroatoms. The second-order valence-electron chi connectivity index (χ2n) is 3.75. The number of carbonyl (C=O) groups excluding carboxylic acids is 1. The summed E-state index contributed by atoms with van der Waals surface area (Å²) in [5.74, 6) is -0.765. The Kier molecular flexibility index (Phi) is 3.25. The lowest BCUT2D eigenvalue weighted by Gasteiger charge is -2.17. The van der Waals surface area contributed by atoms with Gasteiger partial charge in [0.05, 0.1) is 6.61 Å². The summed E-state index contributed by atoms with van der Waals surface area (Å²) in [6, 6.07) is 0. The molecule has 6 nitrogen and oxygen atoms in total. The van der Waals surface area contributed by atoms with E-state index in [9.17, 15) is 15.0 Å². The first kappa shape index (κ1) is 11.5. The van der Waals surface area contributed by atoms with Crippen molar-refractivity contribution in [1.82, 2.24) is 0 Å². The van der Waals surface area contributed by atoms with Gasteiger partial charge in [-0.2, -0.15) is 0 Å². The lowest BCUT2D eigenvalue weighted by atomic mass is 10.1. The van der Waals surface area contributed by atoms with Crippen molar-refractivity contribution in [2.45, 2.75) is 37.1 Å². The first-order chi connectivity index (χ1) is 7.65. The third kappa shape index (κ3) is 1.84. The normalized spacial score (nSPS) is 41.9. The second kappa shape index (κ2) is 4.50. The number of aliphatic hydroxyl groups excluding tert-OH is 2. The first-order valence-electron chi connectivity index (χ1n) is 5.09. The van der Waals surface area contributed by atoms with Gasteiger partial charge >= 0.3 is 5.97 Å². The number of aliphatic hydroxyl groups is 2. The van der Waals surface area contributed by atoms with Gasteiger partial charge in [0, 0.05) is 0 Å². The zero-order chi connectivity index (χ0) is 11.7. The number of rotatable bonds is 4. The maximum atomic E-state index is 11.0. The van der Waals surface area contributed by atoms with Crippen molar-refractivity contribution in [2.75, 3.05) is 6.61 Å². The Hall–Kier alpha value is -0.950. The summed E-state index contributed by atoms with van der Waals surface area (Å²) in [5.41, 5.74) is 0. The molecular weight excluding hydrogens is 216 g/mol. The summed E-state index contributed by atoms with van der Waals surface area (Å²) in [6.45, 7) is 3.89. The van der Waals surface area contributed by atoms with Crippen LogP contribution in [-0.2, 0) is 19.0 Å². The third-order valence-electron chi connectivity index (χ3n) is 2.64. The van der Waals surface area contributed by atoms with Gasteiger partial charge in [-0.1, -0.05) is 6.08 Å². The Morgan fingerprint density at radius 2 is 2.19 bits per heavy atom. The monoisotopic (exact) mass is 230 g/mol. The Morgan fingerprint density at radius 3 is 2.81 bits per heavy atom. The molecule has 2 N–H and O–H groups in total. The minimum Gasteiger partial charge on any atom is -0.454 e. The van der Waals surface area contributed by atoms with Crippen molar-refractivity contribution >= 4 is 5.97 Å². The maximum absolute atomic E-state index is 11.0. The number of hydrogen-bond donors (Lipinski definition) is 2. The van der Waals surface area contributed by atoms with Crippen LogP contribution in [0.5, 0.6) is 0 Å². The molecular formula is C10H14O6. The van der Waals surface area contributed by atoms with Gasteiger partial charge in [-0.05, 0) is 6.42 Å². The van der Waals surface area contributed by atoms with E-state index in [1.807, 2.05) is 0 Å². The van der Waals surface area contributed by atoms with E-state index < -0.39 is 36.7 Å². The minimum absolute atomic E-state index is 0.356. The molecule has 0 aromatic rings. The van der Waals surface area contributed by atoms with E-state index in [2.05, 4.69) is 6.58 Å². The van der Waals surface area contributed by atoms with E-state index >= 15 is 0 Å². The zero-order valence-electron chi connectivity index (χ0n) is 8.61. The quantitative estimate of drug-likeness (QED) is 0.364. The highest BCUT2D eigenvalue weighted by Gasteiger charge is 2.56. The highest BCUT2D eigenvalue weighted by molar-refractivity contribution is 5.78. The van der Waals surface area contributed by atoms with Crippen LogP contribution in [0.15, 0.2) is 12.7 Å². The largest absolute Gasteiger partial charge is 0.454 e. The van der Waals surface area contributed by atoms with Gasteiger partial charge in [0.1, 0.15) is 12.2 Å². The molecule has 0 radical (unpaired) electrons. The highest BCUT2D eigenvalue weighted by Crippen LogP contribution is 2.32. The van der Waals surface area contributed by atoms with Crippen molar-refractivity contribution < 1.29 is 29.2 Å². The molecule has 2 fully saturated rings. The fraction of sp³-hybridized carbons (Fsp3) is 0.700. The van der Waals surface area contributed by atoms with E-state index in [1.54, 1.807) is 6.08 Å². The molecule has 90 valence electrons. The Labute approximate surface area is 92.4 Å². The minimum atomic E-state index is -1.34. The Morgan fingerprint density at radius 1 is 1.44 bits per heavy atom. The molecule has 2 aliphatic rings. The lowest BCUT2D eigenvalue weighted by molar-refractivity contribution is -0.186. The predicted octanol–water partition coefficient (Wildman–Crippen LogP) is -1.05. The molecule has 2 saturated heterocycles. The molecule has 2 aliphatic heterocycles. The lowest BCUT2D eigenvalue weighted by Crippen LogP contribution is -2.33. The summed E-state index contributed by atoms with van der Waals surface area (Å²) >= 11 is 0. The topological polar surface area (TPSA) is 85.2 Å². The molecule has 0 spiro atoms. The van der Waals surface area contributed by atoms with Crippen LogP contribution in [0.25, 0.3) is 0 Å². The molecule has 0 aromatic heterocycles. The fourth-order valence-corrected chi connectivity index (χ4v) is 1.80. The van der Waals surface area contributed by atoms with Crippen LogP contribution in [0, 0.1) is 0 Å². The molecule has 5 atom stereocenters. The molecule has 2 rings (SSSR count). The highest BCUT2D eigenvalue weighted by atomic mass is 16.7. The van der Waals surface area contributed by atoms with Gasteiger partial charge in [-0.25, -0.2) is 4.79 Å². The van der Waals surface area contributed by atoms with Crippen molar-refractivity contribution in [3.63, 3.8) is 0 Å². The van der Waals surface area contributed by atoms with Gasteiger partial charge in [-0.3, -0.25) is 0 Å². The van der Waals surface area contributed by atoms with Crippen LogP contribution in [0.2, 0.25) is 0 Å². The molecule has 0 aliphatic carbocycles. The van der Waals surface area contributed by atoms with E-state index in [4.69, 9.17) is 14.2 Å².